The molecule has 0 atom stereocenters. The van der Waals surface area contributed by atoms with E-state index in [0.29, 0.717) is 0 Å². The molecule has 0 rings (SSSR count). The van der Waals surface area contributed by atoms with Gasteiger partial charge in [-0.25, -0.2) is 0 Å². The minimum absolute atomic E-state index is 1.05. The van der Waals surface area contributed by atoms with E-state index in [0.717, 1.165) is 5.75 Å². The van der Waals surface area contributed by atoms with Crippen LogP contribution in [0.3, 0.4) is 0 Å². The van der Waals surface area contributed by atoms with E-state index < -0.39 is 0 Å². The fraction of sp³-hybridized carbons (Fsp3) is 1.00. The molecule has 0 spiro atoms. The molecule has 0 aliphatic carbocycles. The Morgan fingerprint density at radius 2 is 1.30 bits per heavy atom. The van der Waals surface area contributed by atoms with Crippen molar-refractivity contribution in [1.82, 2.24) is 0 Å². The van der Waals surface area contributed by atoms with E-state index in [1.807, 2.05) is 0 Å². The minimum Gasteiger partial charge on any atom is -0.179 e. The normalized spacial score (nSPS) is 10.2. The number of rotatable bonds is 7. The fourth-order valence-electron chi connectivity index (χ4n) is 0.913. The molecule has 0 aromatic heterocycles. The summed E-state index contributed by atoms with van der Waals surface area (Å²) >= 11 is 7.58. The van der Waals surface area contributed by atoms with Gasteiger partial charge in [-0.05, 0) is 18.6 Å². The van der Waals surface area contributed by atoms with E-state index in [-0.39, 0.29) is 0 Å². The first-order chi connectivity index (χ1) is 4.91. The average molecular weight is 225 g/mol. The molecular formula is C8H17BrS. The average Bonchev–Trinajstić information content (AvgIpc) is 1.97. The first-order valence-electron chi connectivity index (χ1n) is 4.08. The molecule has 0 saturated carbocycles. The molecule has 0 heterocycles. The third-order valence-corrected chi connectivity index (χ3v) is 2.42. The minimum atomic E-state index is 1.05. The maximum Gasteiger partial charge on any atom is 0.00313 e. The van der Waals surface area contributed by atoms with E-state index in [1.165, 1.54) is 43.9 Å². The quantitative estimate of drug-likeness (QED) is 0.381. The van der Waals surface area contributed by atoms with E-state index in [4.69, 9.17) is 0 Å². The molecule has 0 aliphatic heterocycles. The molecule has 0 aliphatic rings. The van der Waals surface area contributed by atoms with Gasteiger partial charge in [0.15, 0.2) is 0 Å². The number of alkyl halides is 1. The summed E-state index contributed by atoms with van der Waals surface area (Å²) in [6, 6.07) is 0. The number of hydrogen-bond acceptors (Lipinski definition) is 1. The van der Waals surface area contributed by atoms with Crippen molar-refractivity contribution in [1.29, 1.82) is 0 Å². The lowest BCUT2D eigenvalue weighted by atomic mass is 10.1. The van der Waals surface area contributed by atoms with Gasteiger partial charge in [0.2, 0.25) is 0 Å². The van der Waals surface area contributed by atoms with Crippen molar-refractivity contribution in [3.8, 4) is 0 Å². The van der Waals surface area contributed by atoms with Crippen molar-refractivity contribution in [3.05, 3.63) is 0 Å². The number of thiol groups is 1. The summed E-state index contributed by atoms with van der Waals surface area (Å²) in [6.45, 7) is 0. The molecule has 0 fully saturated rings. The summed E-state index contributed by atoms with van der Waals surface area (Å²) in [5.74, 6) is 1.05. The Morgan fingerprint density at radius 1 is 0.800 bits per heavy atom. The third kappa shape index (κ3) is 8.83. The van der Waals surface area contributed by atoms with Gasteiger partial charge in [0.25, 0.3) is 0 Å². The second kappa shape index (κ2) is 9.83. The second-order valence-electron chi connectivity index (χ2n) is 2.53. The summed E-state index contributed by atoms with van der Waals surface area (Å²) in [4.78, 5) is 0. The molecule has 0 radical (unpaired) electrons. The molecule has 0 amide bonds. The highest BCUT2D eigenvalue weighted by Gasteiger charge is 1.88. The van der Waals surface area contributed by atoms with Crippen LogP contribution in [0.4, 0.5) is 0 Å². The van der Waals surface area contributed by atoms with Crippen molar-refractivity contribution >= 4 is 28.6 Å². The predicted octanol–water partition coefficient (Wildman–Crippen LogP) is 3.65. The topological polar surface area (TPSA) is 0 Å². The monoisotopic (exact) mass is 224 g/mol. The molecule has 0 unspecified atom stereocenters. The Hall–Kier alpha value is 0.830. The van der Waals surface area contributed by atoms with Crippen LogP contribution < -0.4 is 0 Å². The summed E-state index contributed by atoms with van der Waals surface area (Å²) in [7, 11) is 0. The van der Waals surface area contributed by atoms with Crippen molar-refractivity contribution in [3.63, 3.8) is 0 Å². The van der Waals surface area contributed by atoms with E-state index in [2.05, 4.69) is 28.6 Å². The first kappa shape index (κ1) is 10.8. The standard InChI is InChI=1S/C8H17BrS/c9-7-5-3-1-2-4-6-8-10/h10H,1-8H2. The predicted molar refractivity (Wildman–Crippen MR) is 55.3 cm³/mol. The van der Waals surface area contributed by atoms with E-state index >= 15 is 0 Å². The van der Waals surface area contributed by atoms with Gasteiger partial charge in [0.05, 0.1) is 0 Å². The van der Waals surface area contributed by atoms with Gasteiger partial charge in [0, 0.05) is 5.33 Å². The van der Waals surface area contributed by atoms with Crippen LogP contribution in [0.5, 0.6) is 0 Å². The van der Waals surface area contributed by atoms with Crippen LogP contribution in [0, 0.1) is 0 Å². The third-order valence-electron chi connectivity index (χ3n) is 1.54. The van der Waals surface area contributed by atoms with E-state index in [9.17, 15) is 0 Å². The highest BCUT2D eigenvalue weighted by molar-refractivity contribution is 9.09. The van der Waals surface area contributed by atoms with Crippen LogP contribution in [-0.2, 0) is 0 Å². The number of halogens is 1. The van der Waals surface area contributed by atoms with Gasteiger partial charge in [-0.3, -0.25) is 0 Å². The van der Waals surface area contributed by atoms with Crippen molar-refractivity contribution in [2.75, 3.05) is 11.1 Å². The van der Waals surface area contributed by atoms with Crippen molar-refractivity contribution in [2.45, 2.75) is 38.5 Å². The number of unbranched alkanes of at least 4 members (excludes halogenated alkanes) is 5. The van der Waals surface area contributed by atoms with Crippen LogP contribution in [-0.4, -0.2) is 11.1 Å². The zero-order valence-corrected chi connectivity index (χ0v) is 8.96. The molecule has 10 heavy (non-hydrogen) atoms. The zero-order valence-electron chi connectivity index (χ0n) is 6.48. The van der Waals surface area contributed by atoms with Crippen LogP contribution in [0.15, 0.2) is 0 Å². The number of hydrogen-bond donors (Lipinski definition) is 1. The smallest absolute Gasteiger partial charge is 0.00313 e. The van der Waals surface area contributed by atoms with Gasteiger partial charge in [-0.15, -0.1) is 0 Å². The lowest BCUT2D eigenvalue weighted by Gasteiger charge is -1.97. The first-order valence-corrected chi connectivity index (χ1v) is 5.84. The SMILES string of the molecule is SCCCCCCCCBr. The summed E-state index contributed by atoms with van der Waals surface area (Å²) < 4.78 is 0. The highest BCUT2D eigenvalue weighted by Crippen LogP contribution is 2.06. The second-order valence-corrected chi connectivity index (χ2v) is 3.77. The summed E-state index contributed by atoms with van der Waals surface area (Å²) in [5, 5.41) is 1.17. The lowest BCUT2D eigenvalue weighted by Crippen LogP contribution is -1.80. The van der Waals surface area contributed by atoms with Crippen LogP contribution in [0.25, 0.3) is 0 Å². The Bertz CT molecular complexity index is 49.2. The fourth-order valence-corrected chi connectivity index (χ4v) is 1.53. The molecule has 0 aromatic rings. The summed E-state index contributed by atoms with van der Waals surface area (Å²) in [6.07, 6.45) is 8.18. The van der Waals surface area contributed by atoms with Crippen molar-refractivity contribution < 1.29 is 0 Å². The molecule has 2 heteroatoms. The Kier molecular flexibility index (Phi) is 10.6. The molecular weight excluding hydrogens is 208 g/mol. The highest BCUT2D eigenvalue weighted by atomic mass is 79.9. The lowest BCUT2D eigenvalue weighted by molar-refractivity contribution is 0.630. The summed E-state index contributed by atoms with van der Waals surface area (Å²) in [5.41, 5.74) is 0. The van der Waals surface area contributed by atoms with Crippen LogP contribution >= 0.6 is 28.6 Å². The van der Waals surface area contributed by atoms with Gasteiger partial charge in [-0.2, -0.15) is 12.6 Å². The van der Waals surface area contributed by atoms with Crippen LogP contribution in [0.1, 0.15) is 38.5 Å². The Morgan fingerprint density at radius 3 is 1.80 bits per heavy atom. The molecule has 0 N–H and O–H groups in total. The molecule has 0 bridgehead atoms. The zero-order chi connectivity index (χ0) is 7.66. The van der Waals surface area contributed by atoms with Gasteiger partial charge >= 0.3 is 0 Å². The Balaban J connectivity index is 2.65. The van der Waals surface area contributed by atoms with E-state index in [1.54, 1.807) is 0 Å². The molecule has 0 saturated heterocycles. The largest absolute Gasteiger partial charge is 0.179 e. The Labute approximate surface area is 78.3 Å². The maximum atomic E-state index is 4.16. The van der Waals surface area contributed by atoms with Gasteiger partial charge in [-0.1, -0.05) is 41.6 Å². The molecule has 0 nitrogen and oxygen atoms in total. The van der Waals surface area contributed by atoms with Crippen LogP contribution in [0.2, 0.25) is 0 Å². The van der Waals surface area contributed by atoms with Gasteiger partial charge in [0.1, 0.15) is 0 Å². The molecule has 0 aromatic carbocycles. The maximum absolute atomic E-state index is 4.16. The van der Waals surface area contributed by atoms with Crippen molar-refractivity contribution in [2.24, 2.45) is 0 Å². The molecule has 62 valence electrons. The van der Waals surface area contributed by atoms with Gasteiger partial charge < -0.3 is 0 Å².